The largest absolute Gasteiger partial charge is 0.486 e. The number of furan rings is 1. The molecule has 25 heavy (non-hydrogen) atoms. The monoisotopic (exact) mass is 333 g/mol. The van der Waals surface area contributed by atoms with Gasteiger partial charge in [0.25, 0.3) is 0 Å². The Morgan fingerprint density at radius 2 is 1.96 bits per heavy atom. The molecule has 4 aromatic rings. The van der Waals surface area contributed by atoms with Crippen molar-refractivity contribution in [3.05, 3.63) is 84.6 Å². The molecule has 0 aliphatic rings. The van der Waals surface area contributed by atoms with Crippen LogP contribution >= 0.6 is 0 Å². The molecule has 0 atom stereocenters. The summed E-state index contributed by atoms with van der Waals surface area (Å²) in [7, 11) is 0. The van der Waals surface area contributed by atoms with E-state index in [-0.39, 0.29) is 18.3 Å². The summed E-state index contributed by atoms with van der Waals surface area (Å²) in [6, 6.07) is 18.3. The lowest BCUT2D eigenvalue weighted by molar-refractivity contribution is 0.0913. The normalized spacial score (nSPS) is 10.7. The van der Waals surface area contributed by atoms with Gasteiger partial charge in [-0.05, 0) is 42.5 Å². The van der Waals surface area contributed by atoms with Crippen molar-refractivity contribution in [1.29, 1.82) is 0 Å². The van der Waals surface area contributed by atoms with E-state index in [1.54, 1.807) is 24.4 Å². The predicted molar refractivity (Wildman–Crippen MR) is 91.2 cm³/mol. The summed E-state index contributed by atoms with van der Waals surface area (Å²) in [6.45, 7) is 0.254. The lowest BCUT2D eigenvalue weighted by atomic mass is 10.3. The minimum atomic E-state index is -0.330. The molecule has 124 valence electrons. The van der Waals surface area contributed by atoms with Crippen LogP contribution in [0.4, 0.5) is 0 Å². The van der Waals surface area contributed by atoms with Crippen LogP contribution in [0, 0.1) is 0 Å². The topological polar surface area (TPSA) is 73.0 Å². The molecule has 0 amide bonds. The number of carbonyl (C=O) groups is 1. The highest BCUT2D eigenvalue weighted by Gasteiger charge is 2.15. The molecule has 4 rings (SSSR count). The van der Waals surface area contributed by atoms with E-state index in [2.05, 4.69) is 10.1 Å². The highest BCUT2D eigenvalue weighted by Crippen LogP contribution is 2.17. The van der Waals surface area contributed by atoms with Crippen molar-refractivity contribution in [3.8, 4) is 17.1 Å². The third-order valence-electron chi connectivity index (χ3n) is 3.67. The number of nitrogens with one attached hydrogen (secondary N) is 1. The summed E-state index contributed by atoms with van der Waals surface area (Å²) in [5.74, 6) is 1.20. The number of ether oxygens (including phenoxy) is 1. The summed E-state index contributed by atoms with van der Waals surface area (Å²) in [6.07, 6.45) is 3.42. The van der Waals surface area contributed by atoms with Crippen LogP contribution in [0.5, 0.6) is 5.75 Å². The summed E-state index contributed by atoms with van der Waals surface area (Å²) in [5, 5.41) is 4.28. The van der Waals surface area contributed by atoms with Gasteiger partial charge in [0.05, 0.1) is 5.69 Å². The summed E-state index contributed by atoms with van der Waals surface area (Å²) >= 11 is 0. The SMILES string of the molecule is O=C(c1ccc(COc2ccccc2)o1)n1ccc(-c2ccc[nH]2)n1. The summed E-state index contributed by atoms with van der Waals surface area (Å²) in [4.78, 5) is 15.5. The van der Waals surface area contributed by atoms with Gasteiger partial charge in [0.15, 0.2) is 5.76 Å². The number of H-pyrrole nitrogens is 1. The van der Waals surface area contributed by atoms with Crippen molar-refractivity contribution in [2.45, 2.75) is 6.61 Å². The quantitative estimate of drug-likeness (QED) is 0.604. The first-order chi connectivity index (χ1) is 12.3. The van der Waals surface area contributed by atoms with E-state index in [1.165, 1.54) is 4.68 Å². The van der Waals surface area contributed by atoms with Crippen LogP contribution in [0.3, 0.4) is 0 Å². The zero-order chi connectivity index (χ0) is 17.1. The van der Waals surface area contributed by atoms with Crippen LogP contribution in [0.2, 0.25) is 0 Å². The van der Waals surface area contributed by atoms with E-state index < -0.39 is 0 Å². The van der Waals surface area contributed by atoms with Crippen molar-refractivity contribution >= 4 is 5.91 Å². The maximum Gasteiger partial charge on any atom is 0.313 e. The van der Waals surface area contributed by atoms with Gasteiger partial charge in [0, 0.05) is 12.4 Å². The Balaban J connectivity index is 1.45. The van der Waals surface area contributed by atoms with E-state index in [9.17, 15) is 4.79 Å². The van der Waals surface area contributed by atoms with Gasteiger partial charge in [0.1, 0.15) is 23.8 Å². The molecule has 0 saturated carbocycles. The van der Waals surface area contributed by atoms with Gasteiger partial charge in [-0.15, -0.1) is 0 Å². The fourth-order valence-electron chi connectivity index (χ4n) is 2.42. The minimum Gasteiger partial charge on any atom is -0.486 e. The van der Waals surface area contributed by atoms with E-state index in [1.807, 2.05) is 48.7 Å². The Morgan fingerprint density at radius 3 is 2.76 bits per heavy atom. The molecule has 1 aromatic carbocycles. The highest BCUT2D eigenvalue weighted by molar-refractivity contribution is 5.92. The molecule has 3 heterocycles. The van der Waals surface area contributed by atoms with Gasteiger partial charge in [-0.3, -0.25) is 4.79 Å². The van der Waals surface area contributed by atoms with Gasteiger partial charge in [-0.25, -0.2) is 4.68 Å². The molecule has 6 nitrogen and oxygen atoms in total. The molecule has 0 aliphatic heterocycles. The molecule has 0 spiro atoms. The Morgan fingerprint density at radius 1 is 1.08 bits per heavy atom. The number of para-hydroxylation sites is 1. The first kappa shape index (κ1) is 15.0. The van der Waals surface area contributed by atoms with Crippen molar-refractivity contribution in [3.63, 3.8) is 0 Å². The van der Waals surface area contributed by atoms with Gasteiger partial charge >= 0.3 is 5.91 Å². The summed E-state index contributed by atoms with van der Waals surface area (Å²) in [5.41, 5.74) is 1.54. The number of hydrogen-bond donors (Lipinski definition) is 1. The molecule has 0 radical (unpaired) electrons. The second-order valence-corrected chi connectivity index (χ2v) is 5.40. The Hall–Kier alpha value is -3.54. The fraction of sp³-hybridized carbons (Fsp3) is 0.0526. The first-order valence-electron chi connectivity index (χ1n) is 7.80. The molecule has 0 fully saturated rings. The fourth-order valence-corrected chi connectivity index (χ4v) is 2.42. The maximum atomic E-state index is 12.5. The van der Waals surface area contributed by atoms with Crippen molar-refractivity contribution in [2.75, 3.05) is 0 Å². The van der Waals surface area contributed by atoms with E-state index in [4.69, 9.17) is 9.15 Å². The number of benzene rings is 1. The van der Waals surface area contributed by atoms with Gasteiger partial charge in [-0.1, -0.05) is 18.2 Å². The highest BCUT2D eigenvalue weighted by atomic mass is 16.5. The number of rotatable bonds is 5. The van der Waals surface area contributed by atoms with E-state index >= 15 is 0 Å². The van der Waals surface area contributed by atoms with Crippen LogP contribution in [-0.2, 0) is 6.61 Å². The average Bonchev–Trinajstić information content (AvgIpc) is 3.41. The van der Waals surface area contributed by atoms with Crippen molar-refractivity contribution in [2.24, 2.45) is 0 Å². The van der Waals surface area contributed by atoms with Gasteiger partial charge in [0.2, 0.25) is 0 Å². The first-order valence-corrected chi connectivity index (χ1v) is 7.80. The van der Waals surface area contributed by atoms with E-state index in [0.717, 1.165) is 11.4 Å². The van der Waals surface area contributed by atoms with Crippen LogP contribution in [0.1, 0.15) is 16.3 Å². The number of hydrogen-bond acceptors (Lipinski definition) is 4. The second-order valence-electron chi connectivity index (χ2n) is 5.40. The van der Waals surface area contributed by atoms with Gasteiger partial charge in [-0.2, -0.15) is 5.10 Å². The molecular formula is C19H15N3O3. The molecule has 3 aromatic heterocycles. The lowest BCUT2D eigenvalue weighted by Crippen LogP contribution is -2.11. The smallest absolute Gasteiger partial charge is 0.313 e. The average molecular weight is 333 g/mol. The Labute approximate surface area is 143 Å². The van der Waals surface area contributed by atoms with Crippen LogP contribution in [-0.4, -0.2) is 20.7 Å². The molecule has 0 saturated heterocycles. The Kier molecular flexibility index (Phi) is 3.92. The van der Waals surface area contributed by atoms with Crippen LogP contribution in [0.25, 0.3) is 11.4 Å². The standard InChI is InChI=1S/C19H15N3O3/c23-19(22-12-10-17(21-22)16-7-4-11-20-16)18-9-8-15(25-18)13-24-14-5-2-1-3-6-14/h1-12,20H,13H2. The van der Waals surface area contributed by atoms with Crippen LogP contribution < -0.4 is 4.74 Å². The van der Waals surface area contributed by atoms with Crippen LogP contribution in [0.15, 0.2) is 77.5 Å². The lowest BCUT2D eigenvalue weighted by Gasteiger charge is -2.03. The second kappa shape index (κ2) is 6.52. The molecule has 1 N–H and O–H groups in total. The number of aromatic nitrogens is 3. The number of aromatic amines is 1. The third-order valence-corrected chi connectivity index (χ3v) is 3.67. The predicted octanol–water partition coefficient (Wildman–Crippen LogP) is 3.74. The zero-order valence-corrected chi connectivity index (χ0v) is 13.3. The number of nitrogens with zero attached hydrogens (tertiary/aromatic N) is 2. The molecule has 0 unspecified atom stereocenters. The zero-order valence-electron chi connectivity index (χ0n) is 13.3. The summed E-state index contributed by atoms with van der Waals surface area (Å²) < 4.78 is 12.5. The van der Waals surface area contributed by atoms with Gasteiger partial charge < -0.3 is 14.1 Å². The Bertz CT molecular complexity index is 968. The minimum absolute atomic E-state index is 0.216. The van der Waals surface area contributed by atoms with E-state index in [0.29, 0.717) is 11.5 Å². The third kappa shape index (κ3) is 3.23. The number of carbonyl (C=O) groups excluding carboxylic acids is 1. The maximum absolute atomic E-state index is 12.5. The molecule has 0 aliphatic carbocycles. The molecule has 6 heteroatoms. The van der Waals surface area contributed by atoms with Crippen molar-refractivity contribution in [1.82, 2.24) is 14.8 Å². The molecule has 0 bridgehead atoms. The van der Waals surface area contributed by atoms with Crippen molar-refractivity contribution < 1.29 is 13.9 Å². The molecular weight excluding hydrogens is 318 g/mol.